The summed E-state index contributed by atoms with van der Waals surface area (Å²) in [7, 11) is 5.24. The summed E-state index contributed by atoms with van der Waals surface area (Å²) in [5.41, 5.74) is 5.43. The van der Waals surface area contributed by atoms with Gasteiger partial charge in [0.05, 0.1) is 25.3 Å². The van der Waals surface area contributed by atoms with Gasteiger partial charge in [-0.3, -0.25) is 9.80 Å². The highest BCUT2D eigenvalue weighted by Gasteiger charge is 2.57. The van der Waals surface area contributed by atoms with Crippen molar-refractivity contribution in [3.63, 3.8) is 0 Å². The average Bonchev–Trinajstić information content (AvgIpc) is 3.55. The molecule has 0 aromatic heterocycles. The summed E-state index contributed by atoms with van der Waals surface area (Å²) in [5.74, 6) is 2.99. The highest BCUT2D eigenvalue weighted by atomic mass is 35.6. The number of piperazine rings is 1. The molecular formula is C34H39Cl3N4O8. The smallest absolute Gasteiger partial charge is 0.407 e. The Morgan fingerprint density at radius 3 is 2.55 bits per heavy atom. The molecule has 0 saturated carbocycles. The molecule has 4 heterocycles. The molecule has 2 aromatic rings. The van der Waals surface area contributed by atoms with E-state index in [0.29, 0.717) is 41.6 Å². The van der Waals surface area contributed by atoms with Crippen molar-refractivity contribution in [1.82, 2.24) is 15.1 Å². The van der Waals surface area contributed by atoms with E-state index >= 15 is 0 Å². The molecule has 4 aliphatic heterocycles. The summed E-state index contributed by atoms with van der Waals surface area (Å²) in [4.78, 5) is 17.4. The number of nitriles is 1. The van der Waals surface area contributed by atoms with Gasteiger partial charge in [-0.15, -0.1) is 0 Å². The lowest BCUT2D eigenvalue weighted by molar-refractivity contribution is -0.0731. The van der Waals surface area contributed by atoms with Gasteiger partial charge < -0.3 is 38.5 Å². The Kier molecular flexibility index (Phi) is 10.2. The van der Waals surface area contributed by atoms with Gasteiger partial charge >= 0.3 is 6.09 Å². The van der Waals surface area contributed by atoms with E-state index in [1.165, 1.54) is 0 Å². The fourth-order valence-corrected chi connectivity index (χ4v) is 8.15. The topological polar surface area (TPSA) is 124 Å². The first-order valence-corrected chi connectivity index (χ1v) is 17.0. The van der Waals surface area contributed by atoms with Crippen LogP contribution in [0.1, 0.15) is 45.5 Å². The highest BCUT2D eigenvalue weighted by molar-refractivity contribution is 6.67. The largest absolute Gasteiger partial charge is 0.493 e. The predicted molar refractivity (Wildman–Crippen MR) is 182 cm³/mol. The van der Waals surface area contributed by atoms with Gasteiger partial charge in [0.15, 0.2) is 29.8 Å². The Bertz CT molecular complexity index is 1680. The van der Waals surface area contributed by atoms with E-state index in [1.54, 1.807) is 20.3 Å². The number of fused-ring (bicyclic) bond motifs is 9. The van der Waals surface area contributed by atoms with Gasteiger partial charge in [0.2, 0.25) is 10.6 Å². The molecule has 2 aromatic carbocycles. The van der Waals surface area contributed by atoms with Gasteiger partial charge in [-0.2, -0.15) is 5.26 Å². The van der Waals surface area contributed by atoms with Crippen LogP contribution in [0.2, 0.25) is 0 Å². The Hall–Kier alpha value is -3.31. The van der Waals surface area contributed by atoms with E-state index in [4.69, 9.17) is 68.0 Å². The number of alkyl halides is 3. The fraction of sp³-hybridized carbons (Fsp3) is 0.529. The molecule has 1 N–H and O–H groups in total. The number of carbonyl (C=O) groups is 1. The van der Waals surface area contributed by atoms with Crippen molar-refractivity contribution in [3.8, 4) is 34.8 Å². The van der Waals surface area contributed by atoms with Crippen LogP contribution in [0, 0.1) is 25.2 Å². The van der Waals surface area contributed by atoms with Crippen molar-refractivity contribution in [2.45, 2.75) is 60.7 Å². The van der Waals surface area contributed by atoms with Gasteiger partial charge in [0, 0.05) is 48.0 Å². The number of hydrogen-bond donors (Lipinski definition) is 1. The quantitative estimate of drug-likeness (QED) is 0.190. The molecule has 12 nitrogen and oxygen atoms in total. The van der Waals surface area contributed by atoms with Crippen LogP contribution in [0.4, 0.5) is 4.79 Å². The standard InChI is InChI=1S/C34H39Cl3N4O8/c1-7-8-45-29-18(3)30-32(49-16-48-30)26-20(29)11-22-27-25-19(9-17(2)28(44-6)31(25)47-15-43-5)10-21(40(27)4)23(12-38)41(22)24(26)13-39-33(42)46-14-34(35,36)37/h7,9,21-24,27H,1,8,10-11,13-16H2,2-6H3,(H,39,42)/t21?,22?,23-,24-,27+/m0/s1. The summed E-state index contributed by atoms with van der Waals surface area (Å²) >= 11 is 17.5. The second-order valence-corrected chi connectivity index (χ2v) is 15.0. The van der Waals surface area contributed by atoms with Crippen LogP contribution < -0.4 is 29.0 Å². The number of amides is 1. The normalized spacial score (nSPS) is 23.8. The zero-order valence-electron chi connectivity index (χ0n) is 27.9. The maximum Gasteiger partial charge on any atom is 0.407 e. The molecule has 2 bridgehead atoms. The van der Waals surface area contributed by atoms with Crippen LogP contribution in [0.3, 0.4) is 0 Å². The molecule has 4 aliphatic rings. The fourth-order valence-electron chi connectivity index (χ4n) is 7.98. The molecule has 5 atom stereocenters. The summed E-state index contributed by atoms with van der Waals surface area (Å²) in [6.07, 6.45) is 1.96. The van der Waals surface area contributed by atoms with E-state index in [2.05, 4.69) is 33.8 Å². The monoisotopic (exact) mass is 736 g/mol. The van der Waals surface area contributed by atoms with Gasteiger partial charge in [0.25, 0.3) is 0 Å². The number of alkyl carbamates (subject to hydrolysis) is 1. The molecular weight excluding hydrogens is 699 g/mol. The second-order valence-electron chi connectivity index (χ2n) is 12.5. The first kappa shape index (κ1) is 35.5. The van der Waals surface area contributed by atoms with Crippen LogP contribution in [-0.2, 0) is 22.3 Å². The third kappa shape index (κ3) is 6.30. The number of aryl methyl sites for hydroxylation is 1. The van der Waals surface area contributed by atoms with Crippen molar-refractivity contribution in [2.24, 2.45) is 0 Å². The Morgan fingerprint density at radius 1 is 1.12 bits per heavy atom. The average molecular weight is 738 g/mol. The number of halogens is 3. The molecule has 49 heavy (non-hydrogen) atoms. The molecule has 1 fully saturated rings. The Balaban J connectivity index is 1.55. The van der Waals surface area contributed by atoms with Crippen molar-refractivity contribution in [2.75, 3.05) is 54.6 Å². The minimum atomic E-state index is -1.78. The number of methoxy groups -OCH3 is 2. The lowest BCUT2D eigenvalue weighted by Crippen LogP contribution is -2.68. The van der Waals surface area contributed by atoms with Crippen molar-refractivity contribution >= 4 is 40.9 Å². The third-order valence-corrected chi connectivity index (χ3v) is 10.0. The molecule has 1 saturated heterocycles. The summed E-state index contributed by atoms with van der Waals surface area (Å²) in [6.45, 7) is 7.66. The Morgan fingerprint density at radius 2 is 1.88 bits per heavy atom. The molecule has 6 rings (SSSR count). The minimum absolute atomic E-state index is 0.0186. The second kappa shape index (κ2) is 14.1. The van der Waals surface area contributed by atoms with Crippen molar-refractivity contribution in [1.29, 1.82) is 5.26 Å². The molecule has 0 aliphatic carbocycles. The van der Waals surface area contributed by atoms with Gasteiger partial charge in [-0.25, -0.2) is 4.79 Å². The molecule has 0 spiro atoms. The summed E-state index contributed by atoms with van der Waals surface area (Å²) in [5, 5.41) is 13.8. The number of ether oxygens (including phenoxy) is 7. The minimum Gasteiger partial charge on any atom is -0.493 e. The van der Waals surface area contributed by atoms with Crippen LogP contribution in [0.5, 0.6) is 28.7 Å². The SMILES string of the molecule is C=CCOc1c(C)c2c(c3c1CC1[C@@H]4c5c(cc(C)c(OC)c5OCOC)CC([C@H](C#N)N1[C@H]3CNC(=O)OCC(Cl)(Cl)Cl)N4C)OCO2. The predicted octanol–water partition coefficient (Wildman–Crippen LogP) is 5.46. The Labute approximate surface area is 300 Å². The van der Waals surface area contributed by atoms with E-state index < -0.39 is 28.6 Å². The highest BCUT2D eigenvalue weighted by Crippen LogP contribution is 2.58. The van der Waals surface area contributed by atoms with Crippen LogP contribution in [-0.4, -0.2) is 92.4 Å². The van der Waals surface area contributed by atoms with E-state index in [-0.39, 0.29) is 44.9 Å². The van der Waals surface area contributed by atoms with E-state index in [1.807, 2.05) is 20.9 Å². The summed E-state index contributed by atoms with van der Waals surface area (Å²) < 4.78 is 39.4. The van der Waals surface area contributed by atoms with Crippen LogP contribution in [0.25, 0.3) is 0 Å². The van der Waals surface area contributed by atoms with Crippen molar-refractivity contribution < 1.29 is 38.0 Å². The number of benzene rings is 2. The van der Waals surface area contributed by atoms with Gasteiger partial charge in [-0.05, 0) is 44.9 Å². The first-order chi connectivity index (χ1) is 23.4. The molecule has 0 radical (unpaired) electrons. The zero-order valence-corrected chi connectivity index (χ0v) is 30.2. The van der Waals surface area contributed by atoms with Gasteiger partial charge in [-0.1, -0.05) is 53.5 Å². The number of nitrogens with one attached hydrogen (secondary N) is 1. The molecule has 2 unspecified atom stereocenters. The number of nitrogens with zero attached hydrogens (tertiary/aromatic N) is 3. The first-order valence-electron chi connectivity index (χ1n) is 15.8. The zero-order chi connectivity index (χ0) is 35.2. The van der Waals surface area contributed by atoms with Crippen LogP contribution in [0.15, 0.2) is 18.7 Å². The number of rotatable bonds is 10. The van der Waals surface area contributed by atoms with E-state index in [0.717, 1.165) is 33.4 Å². The maximum absolute atomic E-state index is 13.0. The molecule has 15 heteroatoms. The maximum atomic E-state index is 13.0. The lowest BCUT2D eigenvalue weighted by Gasteiger charge is -2.60. The third-order valence-electron chi connectivity index (χ3n) is 9.72. The number of likely N-dealkylation sites (N-methyl/N-ethyl adjacent to an activating group) is 1. The number of carbonyl (C=O) groups excluding carboxylic acids is 1. The molecule has 264 valence electrons. The van der Waals surface area contributed by atoms with E-state index in [9.17, 15) is 10.1 Å². The van der Waals surface area contributed by atoms with Crippen LogP contribution >= 0.6 is 34.8 Å². The number of hydrogen-bond acceptors (Lipinski definition) is 11. The summed E-state index contributed by atoms with van der Waals surface area (Å²) in [6, 6.07) is 2.83. The van der Waals surface area contributed by atoms with Crippen molar-refractivity contribution in [3.05, 3.63) is 52.1 Å². The lowest BCUT2D eigenvalue weighted by atomic mass is 9.71. The van der Waals surface area contributed by atoms with Gasteiger partial charge in [0.1, 0.15) is 25.0 Å². The molecule has 1 amide bonds.